The van der Waals surface area contributed by atoms with E-state index in [0.717, 1.165) is 0 Å². The number of hydrogen-bond acceptors (Lipinski definition) is 2. The monoisotopic (exact) mass is 130 g/mol. The zero-order chi connectivity index (χ0) is 6.95. The fourth-order valence-corrected chi connectivity index (χ4v) is 0.0931. The Hall–Kier alpha value is -1.80. The summed E-state index contributed by atoms with van der Waals surface area (Å²) in [5.74, 6) is 4.49. The van der Waals surface area contributed by atoms with Gasteiger partial charge in [-0.15, -0.1) is 4.91 Å². The van der Waals surface area contributed by atoms with E-state index in [9.17, 15) is 0 Å². The van der Waals surface area contributed by atoms with Crippen LogP contribution in [0.5, 0.6) is 0 Å². The van der Waals surface area contributed by atoms with E-state index in [-0.39, 0.29) is 0 Å². The summed E-state index contributed by atoms with van der Waals surface area (Å²) < 4.78 is 0. The van der Waals surface area contributed by atoms with E-state index >= 15 is 0 Å². The van der Waals surface area contributed by atoms with Gasteiger partial charge in [0.25, 0.3) is 0 Å². The van der Waals surface area contributed by atoms with Crippen LogP contribution in [0.15, 0.2) is 36.6 Å². The topological polar surface area (TPSA) is 130 Å². The lowest BCUT2D eigenvalue weighted by atomic mass is 12.4. The van der Waals surface area contributed by atoms with E-state index in [0.29, 0.717) is 0 Å². The van der Waals surface area contributed by atoms with Crippen LogP contribution in [-0.4, -0.2) is 0 Å². The average Bonchev–Trinajstić information content (AvgIpc) is 1.89. The third kappa shape index (κ3) is 6.20. The summed E-state index contributed by atoms with van der Waals surface area (Å²) >= 11 is 0. The maximum atomic E-state index is 9.15. The molecular weight excluding hydrogens is 128 g/mol. The van der Waals surface area contributed by atoms with Gasteiger partial charge in [-0.2, -0.15) is 0 Å². The second kappa shape index (κ2) is 6.20. The first-order chi connectivity index (χ1) is 4.41. The van der Waals surface area contributed by atoms with E-state index < -0.39 is 0 Å². The SMILES string of the molecule is NN=NN=NN=NN=O. The zero-order valence-corrected chi connectivity index (χ0v) is 4.12. The summed E-state index contributed by atoms with van der Waals surface area (Å²) in [7, 11) is 0. The first kappa shape index (κ1) is 7.20. The maximum absolute atomic E-state index is 9.15. The third-order valence-corrected chi connectivity index (χ3v) is 0.248. The van der Waals surface area contributed by atoms with Crippen LogP contribution in [0.4, 0.5) is 0 Å². The zero-order valence-electron chi connectivity index (χ0n) is 4.12. The summed E-state index contributed by atoms with van der Waals surface area (Å²) in [6, 6.07) is 0. The van der Waals surface area contributed by atoms with E-state index in [4.69, 9.17) is 4.91 Å². The summed E-state index contributed by atoms with van der Waals surface area (Å²) in [4.78, 5) is 9.15. The van der Waals surface area contributed by atoms with Gasteiger partial charge in [0.1, 0.15) is 5.29 Å². The number of nitroso groups, excluding NO2 is 1. The molecule has 9 nitrogen and oxygen atoms in total. The molecule has 0 unspecified atom stereocenters. The highest BCUT2D eigenvalue weighted by Crippen LogP contribution is 1.80. The normalized spacial score (nSPS) is 12.0. The average molecular weight is 130 g/mol. The second-order valence-electron chi connectivity index (χ2n) is 0.644. The largest absolute Gasteiger partial charge is 0.303 e. The number of hydrogen-bond donors (Lipinski definition) is 1. The third-order valence-electron chi connectivity index (χ3n) is 0.248. The molecule has 0 aliphatic carbocycles. The highest BCUT2D eigenvalue weighted by Gasteiger charge is 1.63. The lowest BCUT2D eigenvalue weighted by molar-refractivity contribution is 0.804. The smallest absolute Gasteiger partial charge is 0.102 e. The van der Waals surface area contributed by atoms with Gasteiger partial charge in [-0.1, -0.05) is 5.22 Å². The first-order valence-electron chi connectivity index (χ1n) is 1.64. The number of rotatable bonds is 3. The lowest BCUT2D eigenvalue weighted by Crippen LogP contribution is -1.70. The van der Waals surface area contributed by atoms with Crippen LogP contribution in [0.2, 0.25) is 0 Å². The summed E-state index contributed by atoms with van der Waals surface area (Å²) in [6.45, 7) is 0. The first-order valence-corrected chi connectivity index (χ1v) is 1.64. The number of nitrogens with two attached hydrogens (primary N) is 1. The molecule has 0 aliphatic heterocycles. The lowest BCUT2D eigenvalue weighted by Gasteiger charge is -1.64. The molecule has 0 saturated heterocycles. The molecule has 0 spiro atoms. The van der Waals surface area contributed by atoms with Crippen LogP contribution in [0.1, 0.15) is 0 Å². The maximum Gasteiger partial charge on any atom is 0.102 e. The van der Waals surface area contributed by atoms with Gasteiger partial charge >= 0.3 is 0 Å². The van der Waals surface area contributed by atoms with Crippen LogP contribution in [0.25, 0.3) is 0 Å². The number of nitrogens with zero attached hydrogens (tertiary/aromatic N) is 7. The van der Waals surface area contributed by atoms with Gasteiger partial charge in [-0.3, -0.25) is 0 Å². The van der Waals surface area contributed by atoms with Crippen LogP contribution in [0.3, 0.4) is 0 Å². The molecule has 0 radical (unpaired) electrons. The van der Waals surface area contributed by atoms with Crippen LogP contribution in [0, 0.1) is 4.91 Å². The van der Waals surface area contributed by atoms with Gasteiger partial charge in [0.2, 0.25) is 0 Å². The fourth-order valence-electron chi connectivity index (χ4n) is 0.0931. The van der Waals surface area contributed by atoms with Crippen molar-refractivity contribution in [2.45, 2.75) is 0 Å². The highest BCUT2D eigenvalue weighted by atomic mass is 16.3. The van der Waals surface area contributed by atoms with E-state index in [2.05, 4.69) is 37.2 Å². The van der Waals surface area contributed by atoms with Gasteiger partial charge in [0.05, 0.1) is 0 Å². The standard InChI is InChI=1S/H2N8O/c1-2-3-4-5-6-7-8-9/h(H2,1,3,5,7,9). The van der Waals surface area contributed by atoms with Crippen molar-refractivity contribution in [3.05, 3.63) is 4.91 Å². The van der Waals surface area contributed by atoms with E-state index in [1.54, 1.807) is 0 Å². The predicted octanol–water partition coefficient (Wildman–Crippen LogP) is 0.728. The van der Waals surface area contributed by atoms with E-state index in [1.165, 1.54) is 0 Å². The quantitative estimate of drug-likeness (QED) is 0.261. The van der Waals surface area contributed by atoms with Crippen molar-refractivity contribution in [3.8, 4) is 0 Å². The van der Waals surface area contributed by atoms with Crippen LogP contribution >= 0.6 is 0 Å². The van der Waals surface area contributed by atoms with Crippen molar-refractivity contribution >= 4 is 0 Å². The van der Waals surface area contributed by atoms with Crippen molar-refractivity contribution in [3.63, 3.8) is 0 Å². The molecule has 0 aromatic carbocycles. The molecule has 0 rings (SSSR count). The molecule has 0 saturated carbocycles. The predicted molar refractivity (Wildman–Crippen MR) is 24.6 cm³/mol. The van der Waals surface area contributed by atoms with Gasteiger partial charge < -0.3 is 5.84 Å². The molecule has 48 valence electrons. The Morgan fingerprint density at radius 1 is 0.889 bits per heavy atom. The molecule has 0 aromatic rings. The molecular formula is H2N8O. The Morgan fingerprint density at radius 2 is 1.44 bits per heavy atom. The van der Waals surface area contributed by atoms with Gasteiger partial charge in [0, 0.05) is 15.7 Å². The summed E-state index contributed by atoms with van der Waals surface area (Å²) in [5.41, 5.74) is 0. The Morgan fingerprint density at radius 3 is 2.00 bits per heavy atom. The molecule has 0 fully saturated rings. The molecule has 9 heavy (non-hydrogen) atoms. The van der Waals surface area contributed by atoms with Crippen LogP contribution < -0.4 is 5.84 Å². The van der Waals surface area contributed by atoms with Crippen molar-refractivity contribution in [2.75, 3.05) is 0 Å². The van der Waals surface area contributed by atoms with Crippen molar-refractivity contribution < 1.29 is 0 Å². The van der Waals surface area contributed by atoms with Crippen molar-refractivity contribution in [1.29, 1.82) is 0 Å². The minimum Gasteiger partial charge on any atom is -0.303 e. The molecule has 0 aliphatic rings. The Bertz CT molecular complexity index is 141. The molecule has 0 aromatic heterocycles. The van der Waals surface area contributed by atoms with Gasteiger partial charge in [-0.25, -0.2) is 0 Å². The van der Waals surface area contributed by atoms with Crippen molar-refractivity contribution in [1.82, 2.24) is 0 Å². The van der Waals surface area contributed by atoms with E-state index in [1.807, 2.05) is 5.29 Å². The summed E-state index contributed by atoms with van der Waals surface area (Å²) in [5, 5.41) is 18.4. The minimum absolute atomic E-state index is 1.98. The molecule has 9 heteroatoms. The molecule has 0 heterocycles. The Labute approximate surface area is 48.6 Å². The molecule has 0 bridgehead atoms. The Kier molecular flexibility index (Phi) is 4.96. The highest BCUT2D eigenvalue weighted by molar-refractivity contribution is 4.11. The molecule has 0 amide bonds. The van der Waals surface area contributed by atoms with Crippen molar-refractivity contribution in [2.24, 2.45) is 42.5 Å². The van der Waals surface area contributed by atoms with Gasteiger partial charge in [0.15, 0.2) is 0 Å². The minimum atomic E-state index is 1.98. The summed E-state index contributed by atoms with van der Waals surface area (Å²) in [6.07, 6.45) is 0. The second-order valence-corrected chi connectivity index (χ2v) is 0.644. The molecule has 0 atom stereocenters. The van der Waals surface area contributed by atoms with Gasteiger partial charge in [-0.05, 0) is 10.4 Å². The molecule has 2 N–H and O–H groups in total. The fraction of sp³-hybridized carbons (Fsp3) is 0. The Balaban J connectivity index is 3.46. The van der Waals surface area contributed by atoms with Crippen LogP contribution in [-0.2, 0) is 0 Å².